The van der Waals surface area contributed by atoms with Gasteiger partial charge in [0.05, 0.1) is 10.5 Å². The molecule has 23 heavy (non-hydrogen) atoms. The van der Waals surface area contributed by atoms with Gasteiger partial charge in [-0.15, -0.1) is 0 Å². The summed E-state index contributed by atoms with van der Waals surface area (Å²) >= 11 is 0. The highest BCUT2D eigenvalue weighted by Gasteiger charge is 2.21. The molecule has 0 heterocycles. The Labute approximate surface area is 138 Å². The van der Waals surface area contributed by atoms with E-state index in [0.29, 0.717) is 5.69 Å². The molecule has 0 amide bonds. The van der Waals surface area contributed by atoms with E-state index in [-0.39, 0.29) is 22.5 Å². The summed E-state index contributed by atoms with van der Waals surface area (Å²) in [5.74, 6) is -1.16. The van der Waals surface area contributed by atoms with E-state index in [4.69, 9.17) is 0 Å². The van der Waals surface area contributed by atoms with Gasteiger partial charge in [-0.25, -0.2) is 17.9 Å². The maximum absolute atomic E-state index is 12.4. The van der Waals surface area contributed by atoms with Gasteiger partial charge in [0.15, 0.2) is 0 Å². The highest BCUT2D eigenvalue weighted by molar-refractivity contribution is 7.89. The van der Waals surface area contributed by atoms with Crippen LogP contribution in [0.4, 0.5) is 5.69 Å². The van der Waals surface area contributed by atoms with Crippen LogP contribution < -0.4 is 10.0 Å². The first kappa shape index (κ1) is 19.4. The van der Waals surface area contributed by atoms with Crippen molar-refractivity contribution in [1.82, 2.24) is 4.72 Å². The number of carboxylic acids is 1. The highest BCUT2D eigenvalue weighted by atomic mass is 32.2. The zero-order chi connectivity index (χ0) is 17.6. The van der Waals surface area contributed by atoms with Crippen molar-refractivity contribution in [2.24, 2.45) is 0 Å². The molecular weight excluding hydrogens is 316 g/mol. The summed E-state index contributed by atoms with van der Waals surface area (Å²) in [6.45, 7) is 7.68. The molecule has 0 radical (unpaired) electrons. The normalized spacial score (nSPS) is 14.3. The molecule has 0 aliphatic rings. The predicted octanol–water partition coefficient (Wildman–Crippen LogP) is 3.06. The molecule has 130 valence electrons. The van der Waals surface area contributed by atoms with Crippen molar-refractivity contribution >= 4 is 21.7 Å². The summed E-state index contributed by atoms with van der Waals surface area (Å²) in [6.07, 6.45) is 2.41. The SMILES string of the molecule is CCC[C@H](C)NS(=O)(=O)c1ccc(N[C@@H](C)CC)c(C(=O)O)c1. The molecule has 7 heteroatoms. The van der Waals surface area contributed by atoms with Gasteiger partial charge in [-0.2, -0.15) is 0 Å². The number of nitrogens with one attached hydrogen (secondary N) is 2. The molecule has 1 aromatic carbocycles. The maximum atomic E-state index is 12.4. The molecule has 1 rings (SSSR count). The second kappa shape index (κ2) is 8.31. The number of carbonyl (C=O) groups is 1. The van der Waals surface area contributed by atoms with Crippen LogP contribution in [0.25, 0.3) is 0 Å². The number of hydrogen-bond donors (Lipinski definition) is 3. The van der Waals surface area contributed by atoms with E-state index in [1.165, 1.54) is 18.2 Å². The highest BCUT2D eigenvalue weighted by Crippen LogP contribution is 2.22. The van der Waals surface area contributed by atoms with Crippen molar-refractivity contribution in [3.63, 3.8) is 0 Å². The van der Waals surface area contributed by atoms with Crippen LogP contribution in [0.15, 0.2) is 23.1 Å². The fourth-order valence-corrected chi connectivity index (χ4v) is 3.49. The predicted molar refractivity (Wildman–Crippen MR) is 91.5 cm³/mol. The molecule has 1 aromatic rings. The number of aromatic carboxylic acids is 1. The van der Waals surface area contributed by atoms with Crippen LogP contribution in [0.1, 0.15) is 57.3 Å². The minimum Gasteiger partial charge on any atom is -0.478 e. The van der Waals surface area contributed by atoms with Crippen LogP contribution in [0.3, 0.4) is 0 Å². The van der Waals surface area contributed by atoms with Crippen LogP contribution in [-0.2, 0) is 10.0 Å². The van der Waals surface area contributed by atoms with Crippen LogP contribution in [0.2, 0.25) is 0 Å². The summed E-state index contributed by atoms with van der Waals surface area (Å²) in [5, 5.41) is 12.4. The first-order chi connectivity index (χ1) is 10.7. The van der Waals surface area contributed by atoms with Gasteiger partial charge in [0, 0.05) is 17.8 Å². The summed E-state index contributed by atoms with van der Waals surface area (Å²) in [5.41, 5.74) is 0.378. The number of rotatable bonds is 9. The number of sulfonamides is 1. The van der Waals surface area contributed by atoms with E-state index in [1.54, 1.807) is 6.92 Å². The standard InChI is InChI=1S/C16H26N2O4S/c1-5-7-12(4)18-23(21,22)13-8-9-15(17-11(3)6-2)14(10-13)16(19)20/h8-12,17-18H,5-7H2,1-4H3,(H,19,20)/t11-,12-/m0/s1. The van der Waals surface area contributed by atoms with Gasteiger partial charge in [0.1, 0.15) is 0 Å². The second-order valence-corrected chi connectivity index (χ2v) is 7.49. The summed E-state index contributed by atoms with van der Waals surface area (Å²) < 4.78 is 27.3. The monoisotopic (exact) mass is 342 g/mol. The van der Waals surface area contributed by atoms with Crippen molar-refractivity contribution in [1.29, 1.82) is 0 Å². The molecule has 0 saturated carbocycles. The molecule has 0 aromatic heterocycles. The molecule has 6 nitrogen and oxygen atoms in total. The Bertz CT molecular complexity index is 643. The lowest BCUT2D eigenvalue weighted by molar-refractivity contribution is 0.0697. The quantitative estimate of drug-likeness (QED) is 0.641. The van der Waals surface area contributed by atoms with Crippen molar-refractivity contribution in [2.75, 3.05) is 5.32 Å². The molecule has 0 bridgehead atoms. The summed E-state index contributed by atoms with van der Waals surface area (Å²) in [7, 11) is -3.73. The Morgan fingerprint density at radius 1 is 1.22 bits per heavy atom. The largest absolute Gasteiger partial charge is 0.478 e. The van der Waals surface area contributed by atoms with Gasteiger partial charge in [0.2, 0.25) is 10.0 Å². The zero-order valence-electron chi connectivity index (χ0n) is 14.1. The van der Waals surface area contributed by atoms with Crippen molar-refractivity contribution < 1.29 is 18.3 Å². The van der Waals surface area contributed by atoms with Crippen LogP contribution in [0, 0.1) is 0 Å². The third-order valence-electron chi connectivity index (χ3n) is 3.62. The van der Waals surface area contributed by atoms with Crippen molar-refractivity contribution in [3.8, 4) is 0 Å². The Kier molecular flexibility index (Phi) is 7.02. The Morgan fingerprint density at radius 2 is 1.87 bits per heavy atom. The molecule has 0 unspecified atom stereocenters. The second-order valence-electron chi connectivity index (χ2n) is 5.78. The van der Waals surface area contributed by atoms with Crippen LogP contribution >= 0.6 is 0 Å². The molecule has 0 aliphatic carbocycles. The lowest BCUT2D eigenvalue weighted by Gasteiger charge is -2.17. The fourth-order valence-electron chi connectivity index (χ4n) is 2.19. The van der Waals surface area contributed by atoms with E-state index >= 15 is 0 Å². The zero-order valence-corrected chi connectivity index (χ0v) is 14.9. The third-order valence-corrected chi connectivity index (χ3v) is 5.21. The lowest BCUT2D eigenvalue weighted by atomic mass is 10.1. The Hall–Kier alpha value is -1.60. The Balaban J connectivity index is 3.14. The molecule has 3 N–H and O–H groups in total. The molecule has 0 saturated heterocycles. The van der Waals surface area contributed by atoms with E-state index in [9.17, 15) is 18.3 Å². The smallest absolute Gasteiger partial charge is 0.337 e. The molecule has 0 fully saturated rings. The minimum atomic E-state index is -3.73. The lowest BCUT2D eigenvalue weighted by Crippen LogP contribution is -2.32. The van der Waals surface area contributed by atoms with Gasteiger partial charge in [-0.05, 0) is 44.9 Å². The molecular formula is C16H26N2O4S. The van der Waals surface area contributed by atoms with Crippen LogP contribution in [-0.4, -0.2) is 31.6 Å². The number of carboxylic acid groups (broad SMARTS) is 1. The van der Waals surface area contributed by atoms with Crippen molar-refractivity contribution in [2.45, 2.75) is 63.9 Å². The average Bonchev–Trinajstić information content (AvgIpc) is 2.46. The Morgan fingerprint density at radius 3 is 2.39 bits per heavy atom. The number of benzene rings is 1. The number of anilines is 1. The molecule has 2 atom stereocenters. The van der Waals surface area contributed by atoms with E-state index in [2.05, 4.69) is 10.0 Å². The van der Waals surface area contributed by atoms with E-state index < -0.39 is 16.0 Å². The van der Waals surface area contributed by atoms with E-state index in [1.807, 2.05) is 20.8 Å². The van der Waals surface area contributed by atoms with Crippen molar-refractivity contribution in [3.05, 3.63) is 23.8 Å². The van der Waals surface area contributed by atoms with Gasteiger partial charge < -0.3 is 10.4 Å². The summed E-state index contributed by atoms with van der Waals surface area (Å²) in [6, 6.07) is 4.04. The minimum absolute atomic E-state index is 0.0347. The average molecular weight is 342 g/mol. The number of hydrogen-bond acceptors (Lipinski definition) is 4. The van der Waals surface area contributed by atoms with Crippen LogP contribution in [0.5, 0.6) is 0 Å². The first-order valence-corrected chi connectivity index (χ1v) is 9.35. The van der Waals surface area contributed by atoms with Gasteiger partial charge >= 0.3 is 5.97 Å². The maximum Gasteiger partial charge on any atom is 0.337 e. The van der Waals surface area contributed by atoms with E-state index in [0.717, 1.165) is 19.3 Å². The summed E-state index contributed by atoms with van der Waals surface area (Å²) in [4.78, 5) is 11.4. The van der Waals surface area contributed by atoms with Gasteiger partial charge in [0.25, 0.3) is 0 Å². The third kappa shape index (κ3) is 5.51. The molecule has 0 spiro atoms. The topological polar surface area (TPSA) is 95.5 Å². The fraction of sp³-hybridized carbons (Fsp3) is 0.562. The molecule has 0 aliphatic heterocycles. The first-order valence-electron chi connectivity index (χ1n) is 7.87. The van der Waals surface area contributed by atoms with Gasteiger partial charge in [-0.3, -0.25) is 0 Å². The van der Waals surface area contributed by atoms with Gasteiger partial charge in [-0.1, -0.05) is 20.3 Å².